The number of hydrogen-bond donors (Lipinski definition) is 0. The van der Waals surface area contributed by atoms with E-state index in [0.29, 0.717) is 10.0 Å². The fourth-order valence-electron chi connectivity index (χ4n) is 0.504. The van der Waals surface area contributed by atoms with E-state index >= 15 is 0 Å². The summed E-state index contributed by atoms with van der Waals surface area (Å²) in [6, 6.07) is 5.58. The molecule has 9 heavy (non-hydrogen) atoms. The Bertz CT molecular complexity index is 202. The van der Waals surface area contributed by atoms with Gasteiger partial charge in [-0.15, -0.1) is 0 Å². The quantitative estimate of drug-likeness (QED) is 0.583. The summed E-state index contributed by atoms with van der Waals surface area (Å²) in [4.78, 5) is 0. The van der Waals surface area contributed by atoms with Gasteiger partial charge in [0.15, 0.2) is 0 Å². The zero-order valence-corrected chi connectivity index (χ0v) is 8.10. The van der Waals surface area contributed by atoms with Gasteiger partial charge in [0.05, 0.1) is 0 Å². The van der Waals surface area contributed by atoms with E-state index in [1.165, 1.54) is 0 Å². The van der Waals surface area contributed by atoms with Gasteiger partial charge in [-0.2, -0.15) is 0 Å². The maximum absolute atomic E-state index is 5.75. The van der Waals surface area contributed by atoms with E-state index in [0.717, 1.165) is 4.40 Å². The third-order valence-electron chi connectivity index (χ3n) is 0.952. The number of rotatable bonds is 0. The molecule has 0 spiro atoms. The summed E-state index contributed by atoms with van der Waals surface area (Å²) in [5, 5.41) is 1.27. The van der Waals surface area contributed by atoms with Crippen LogP contribution in [0.3, 0.4) is 0 Å². The van der Waals surface area contributed by atoms with Crippen LogP contribution < -0.4 is 4.40 Å². The fraction of sp³-hybridized carbons (Fsp3) is 0. The number of benzene rings is 1. The first-order valence-electron chi connectivity index (χ1n) is 2.37. The Morgan fingerprint density at radius 2 is 1.89 bits per heavy atom. The van der Waals surface area contributed by atoms with E-state index < -0.39 is 0 Å². The van der Waals surface area contributed by atoms with Gasteiger partial charge in [0.25, 0.3) is 0 Å². The zero-order chi connectivity index (χ0) is 6.85. The molecule has 0 saturated heterocycles. The standard InChI is InChI=1S/C6H3Cl2Ge/c7-4-2-1-3-5(9)6(4)8/h1-3H. The molecule has 0 aliphatic rings. The van der Waals surface area contributed by atoms with Crippen LogP contribution in [-0.2, 0) is 0 Å². The maximum atomic E-state index is 5.75. The van der Waals surface area contributed by atoms with Crippen LogP contribution in [0.4, 0.5) is 0 Å². The van der Waals surface area contributed by atoms with Crippen LogP contribution in [0.5, 0.6) is 0 Å². The van der Waals surface area contributed by atoms with Crippen molar-refractivity contribution in [2.45, 2.75) is 0 Å². The summed E-state index contributed by atoms with van der Waals surface area (Å²) in [6.07, 6.45) is 0. The van der Waals surface area contributed by atoms with Gasteiger partial charge in [0, 0.05) is 0 Å². The Balaban J connectivity index is 3.25. The average molecular weight is 219 g/mol. The molecule has 0 aliphatic heterocycles. The van der Waals surface area contributed by atoms with Crippen LogP contribution in [0, 0.1) is 0 Å². The van der Waals surface area contributed by atoms with E-state index in [1.54, 1.807) is 6.07 Å². The first kappa shape index (κ1) is 7.45. The van der Waals surface area contributed by atoms with Gasteiger partial charge in [-0.3, -0.25) is 0 Å². The summed E-state index contributed by atoms with van der Waals surface area (Å²) in [6.45, 7) is 0. The molecular weight excluding hydrogens is 216 g/mol. The number of hydrogen-bond acceptors (Lipinski definition) is 0. The van der Waals surface area contributed by atoms with Crippen LogP contribution in [0.2, 0.25) is 10.0 Å². The van der Waals surface area contributed by atoms with Gasteiger partial charge in [0.1, 0.15) is 0 Å². The molecular formula is C6H3Cl2Ge. The van der Waals surface area contributed by atoms with Gasteiger partial charge in [-0.05, 0) is 0 Å². The van der Waals surface area contributed by atoms with Gasteiger partial charge in [0.2, 0.25) is 0 Å². The second-order valence-corrected chi connectivity index (χ2v) is 3.52. The topological polar surface area (TPSA) is 0 Å². The van der Waals surface area contributed by atoms with Gasteiger partial charge in [-0.25, -0.2) is 0 Å². The molecule has 1 aromatic carbocycles. The van der Waals surface area contributed by atoms with Gasteiger partial charge in [-0.1, -0.05) is 0 Å². The van der Waals surface area contributed by atoms with Gasteiger partial charge >= 0.3 is 72.4 Å². The Morgan fingerprint density at radius 1 is 1.22 bits per heavy atom. The normalized spacial score (nSPS) is 9.67. The SMILES string of the molecule is Clc1ccc[c]([Ge])c1Cl. The molecule has 0 heterocycles. The molecule has 1 aromatic rings. The van der Waals surface area contributed by atoms with Crippen LogP contribution in [0.25, 0.3) is 0 Å². The predicted molar refractivity (Wildman–Crippen MR) is 41.9 cm³/mol. The molecule has 1 rings (SSSR count). The third kappa shape index (κ3) is 1.63. The molecule has 0 atom stereocenters. The van der Waals surface area contributed by atoms with Crippen molar-refractivity contribution < 1.29 is 0 Å². The molecule has 45 valence electrons. The first-order chi connectivity index (χ1) is 4.22. The van der Waals surface area contributed by atoms with Crippen LogP contribution in [-0.4, -0.2) is 16.5 Å². The van der Waals surface area contributed by atoms with Crippen molar-refractivity contribution in [2.24, 2.45) is 0 Å². The Hall–Kier alpha value is 0.343. The second-order valence-electron chi connectivity index (χ2n) is 1.60. The van der Waals surface area contributed by atoms with Crippen molar-refractivity contribution in [3.05, 3.63) is 28.2 Å². The Kier molecular flexibility index (Phi) is 2.44. The number of halogens is 2. The molecule has 3 radical (unpaired) electrons. The molecule has 0 N–H and O–H groups in total. The van der Waals surface area contributed by atoms with E-state index in [1.807, 2.05) is 28.6 Å². The molecule has 0 amide bonds. The van der Waals surface area contributed by atoms with Crippen molar-refractivity contribution >= 4 is 44.1 Å². The zero-order valence-electron chi connectivity index (χ0n) is 4.49. The van der Waals surface area contributed by atoms with E-state index in [4.69, 9.17) is 23.2 Å². The van der Waals surface area contributed by atoms with E-state index in [9.17, 15) is 0 Å². The monoisotopic (exact) mass is 219 g/mol. The van der Waals surface area contributed by atoms with Crippen molar-refractivity contribution in [3.63, 3.8) is 0 Å². The molecule has 3 heteroatoms. The molecule has 0 aromatic heterocycles. The van der Waals surface area contributed by atoms with Crippen LogP contribution in [0.1, 0.15) is 0 Å². The first-order valence-corrected chi connectivity index (χ1v) is 4.18. The summed E-state index contributed by atoms with van der Waals surface area (Å²) in [5.74, 6) is 0. The predicted octanol–water partition coefficient (Wildman–Crippen LogP) is 1.79. The average Bonchev–Trinajstić information content (AvgIpc) is 1.83. The molecule has 0 aliphatic carbocycles. The Morgan fingerprint density at radius 3 is 2.33 bits per heavy atom. The minimum atomic E-state index is 0.622. The fourth-order valence-corrected chi connectivity index (χ4v) is 1.46. The second kappa shape index (κ2) is 2.95. The third-order valence-corrected chi connectivity index (χ3v) is 2.98. The van der Waals surface area contributed by atoms with Crippen molar-refractivity contribution in [1.82, 2.24) is 0 Å². The van der Waals surface area contributed by atoms with Crippen LogP contribution >= 0.6 is 23.2 Å². The Labute approximate surface area is 72.4 Å². The van der Waals surface area contributed by atoms with Crippen molar-refractivity contribution in [1.29, 1.82) is 0 Å². The molecule has 0 saturated carbocycles. The summed E-state index contributed by atoms with van der Waals surface area (Å²) in [5.41, 5.74) is 0. The summed E-state index contributed by atoms with van der Waals surface area (Å²) < 4.78 is 1.02. The minimum absolute atomic E-state index is 0.622. The van der Waals surface area contributed by atoms with Gasteiger partial charge < -0.3 is 0 Å². The summed E-state index contributed by atoms with van der Waals surface area (Å²) >= 11 is 13.4. The molecule has 0 unspecified atom stereocenters. The molecule has 0 nitrogen and oxygen atoms in total. The van der Waals surface area contributed by atoms with Crippen molar-refractivity contribution in [3.8, 4) is 0 Å². The van der Waals surface area contributed by atoms with E-state index in [-0.39, 0.29) is 0 Å². The summed E-state index contributed by atoms with van der Waals surface area (Å²) in [7, 11) is 0. The molecule has 0 fully saturated rings. The van der Waals surface area contributed by atoms with Crippen molar-refractivity contribution in [2.75, 3.05) is 0 Å². The van der Waals surface area contributed by atoms with Crippen LogP contribution in [0.15, 0.2) is 18.2 Å². The van der Waals surface area contributed by atoms with E-state index in [2.05, 4.69) is 0 Å². The molecule has 0 bridgehead atoms.